The number of nitrogens with zero attached hydrogens (tertiary/aromatic N) is 1. The van der Waals surface area contributed by atoms with Gasteiger partial charge >= 0.3 is 0 Å². The lowest BCUT2D eigenvalue weighted by Gasteiger charge is -2.17. The maximum absolute atomic E-state index is 12.4. The molecule has 0 aromatic carbocycles. The first-order valence-electron chi connectivity index (χ1n) is 6.29. The van der Waals surface area contributed by atoms with Crippen LogP contribution in [0.25, 0.3) is 0 Å². The molecule has 1 aliphatic heterocycles. The van der Waals surface area contributed by atoms with Crippen LogP contribution in [0.15, 0.2) is 9.85 Å². The van der Waals surface area contributed by atoms with E-state index in [0.29, 0.717) is 11.8 Å². The second-order valence-corrected chi connectivity index (χ2v) is 7.72. The number of hydrogen-bond donors (Lipinski definition) is 1. The minimum absolute atomic E-state index is 0.121. The Morgan fingerprint density at radius 3 is 2.89 bits per heavy atom. The quantitative estimate of drug-likeness (QED) is 0.860. The van der Waals surface area contributed by atoms with Crippen LogP contribution in [0.1, 0.15) is 28.1 Å². The van der Waals surface area contributed by atoms with E-state index >= 15 is 0 Å². The predicted octanol–water partition coefficient (Wildman–Crippen LogP) is 2.66. The zero-order chi connectivity index (χ0) is 12.9. The van der Waals surface area contributed by atoms with E-state index in [1.54, 1.807) is 0 Å². The molecular weight excluding hydrogens is 314 g/mol. The molecule has 2 aliphatic rings. The third kappa shape index (κ3) is 2.02. The fraction of sp³-hybridized carbons (Fsp3) is 0.615. The first kappa shape index (κ1) is 12.6. The zero-order valence-corrected chi connectivity index (χ0v) is 12.6. The number of amides is 1. The lowest BCUT2D eigenvalue weighted by atomic mass is 10.00. The minimum Gasteiger partial charge on any atom is -0.393 e. The van der Waals surface area contributed by atoms with Gasteiger partial charge in [-0.3, -0.25) is 4.79 Å². The molecule has 0 spiro atoms. The van der Waals surface area contributed by atoms with Gasteiger partial charge in [0.2, 0.25) is 0 Å². The molecule has 1 aliphatic carbocycles. The molecule has 3 rings (SSSR count). The summed E-state index contributed by atoms with van der Waals surface area (Å²) in [6, 6.07) is 1.95. The van der Waals surface area contributed by atoms with Crippen molar-refractivity contribution in [3.8, 4) is 0 Å². The molecule has 0 radical (unpaired) electrons. The SMILES string of the molecule is Cc1cc(C(=O)N2CC3CCC(O)C3C2)sc1Br. The zero-order valence-electron chi connectivity index (χ0n) is 10.2. The highest BCUT2D eigenvalue weighted by Crippen LogP contribution is 2.39. The van der Waals surface area contributed by atoms with Crippen LogP contribution in [0.4, 0.5) is 0 Å². The Morgan fingerprint density at radius 1 is 1.50 bits per heavy atom. The number of rotatable bonds is 1. The molecule has 1 saturated heterocycles. The van der Waals surface area contributed by atoms with E-state index in [9.17, 15) is 9.90 Å². The number of fused-ring (bicyclic) bond motifs is 1. The summed E-state index contributed by atoms with van der Waals surface area (Å²) in [5, 5.41) is 9.87. The number of aryl methyl sites for hydroxylation is 1. The number of hydrogen-bond acceptors (Lipinski definition) is 3. The Hall–Kier alpha value is -0.390. The average Bonchev–Trinajstić information content (AvgIpc) is 2.98. The van der Waals surface area contributed by atoms with Crippen LogP contribution >= 0.6 is 27.3 Å². The maximum atomic E-state index is 12.4. The van der Waals surface area contributed by atoms with Crippen molar-refractivity contribution in [3.05, 3.63) is 20.3 Å². The van der Waals surface area contributed by atoms with Crippen LogP contribution in [0.2, 0.25) is 0 Å². The second kappa shape index (κ2) is 4.62. The Balaban J connectivity index is 1.75. The number of carbonyl (C=O) groups is 1. The van der Waals surface area contributed by atoms with E-state index in [2.05, 4.69) is 15.9 Å². The predicted molar refractivity (Wildman–Crippen MR) is 74.9 cm³/mol. The van der Waals surface area contributed by atoms with Crippen LogP contribution in [0, 0.1) is 18.8 Å². The van der Waals surface area contributed by atoms with Crippen LogP contribution < -0.4 is 0 Å². The summed E-state index contributed by atoms with van der Waals surface area (Å²) in [6.07, 6.45) is 1.76. The normalized spacial score (nSPS) is 30.8. The Bertz CT molecular complexity index is 468. The van der Waals surface area contributed by atoms with Crippen molar-refractivity contribution in [2.24, 2.45) is 11.8 Å². The number of aliphatic hydroxyl groups excluding tert-OH is 1. The van der Waals surface area contributed by atoms with Crippen molar-refractivity contribution < 1.29 is 9.90 Å². The van der Waals surface area contributed by atoms with Crippen LogP contribution in [-0.4, -0.2) is 35.1 Å². The van der Waals surface area contributed by atoms with Crippen LogP contribution in [-0.2, 0) is 0 Å². The minimum atomic E-state index is -0.204. The van der Waals surface area contributed by atoms with Crippen molar-refractivity contribution in [3.63, 3.8) is 0 Å². The van der Waals surface area contributed by atoms with E-state index < -0.39 is 0 Å². The average molecular weight is 330 g/mol. The van der Waals surface area contributed by atoms with Crippen LogP contribution in [0.5, 0.6) is 0 Å². The third-order valence-corrected chi connectivity index (χ3v) is 6.30. The summed E-state index contributed by atoms with van der Waals surface area (Å²) < 4.78 is 1.03. The molecule has 1 amide bonds. The summed E-state index contributed by atoms with van der Waals surface area (Å²) in [6.45, 7) is 3.54. The van der Waals surface area contributed by atoms with E-state index in [1.807, 2.05) is 17.9 Å². The van der Waals surface area contributed by atoms with Gasteiger partial charge in [-0.25, -0.2) is 0 Å². The number of aliphatic hydroxyl groups is 1. The molecule has 3 unspecified atom stereocenters. The summed E-state index contributed by atoms with van der Waals surface area (Å²) in [5.74, 6) is 0.933. The molecule has 18 heavy (non-hydrogen) atoms. The third-order valence-electron chi connectivity index (χ3n) is 4.17. The number of halogens is 1. The van der Waals surface area contributed by atoms with Gasteiger partial charge in [0, 0.05) is 19.0 Å². The molecule has 2 heterocycles. The maximum Gasteiger partial charge on any atom is 0.263 e. The molecular formula is C13H16BrNO2S. The second-order valence-electron chi connectivity index (χ2n) is 5.35. The largest absolute Gasteiger partial charge is 0.393 e. The molecule has 0 bridgehead atoms. The van der Waals surface area contributed by atoms with Gasteiger partial charge in [-0.1, -0.05) is 0 Å². The Labute approximate surface area is 119 Å². The summed E-state index contributed by atoms with van der Waals surface area (Å²) >= 11 is 4.96. The van der Waals surface area contributed by atoms with E-state index in [0.717, 1.165) is 40.2 Å². The lowest BCUT2D eigenvalue weighted by Crippen LogP contribution is -2.30. The lowest BCUT2D eigenvalue weighted by molar-refractivity contribution is 0.0757. The highest BCUT2D eigenvalue weighted by molar-refractivity contribution is 9.11. The first-order chi connectivity index (χ1) is 8.56. The smallest absolute Gasteiger partial charge is 0.263 e. The first-order valence-corrected chi connectivity index (χ1v) is 7.90. The number of carbonyl (C=O) groups excluding carboxylic acids is 1. The molecule has 3 nitrogen and oxygen atoms in total. The Morgan fingerprint density at radius 2 is 2.28 bits per heavy atom. The van der Waals surface area contributed by atoms with Gasteiger partial charge in [-0.15, -0.1) is 11.3 Å². The van der Waals surface area contributed by atoms with Crippen molar-refractivity contribution >= 4 is 33.2 Å². The fourth-order valence-corrected chi connectivity index (χ4v) is 4.63. The highest BCUT2D eigenvalue weighted by atomic mass is 79.9. The highest BCUT2D eigenvalue weighted by Gasteiger charge is 2.43. The van der Waals surface area contributed by atoms with E-state index in [1.165, 1.54) is 11.3 Å². The van der Waals surface area contributed by atoms with Crippen LogP contribution in [0.3, 0.4) is 0 Å². The van der Waals surface area contributed by atoms with Gasteiger partial charge in [0.1, 0.15) is 0 Å². The molecule has 2 fully saturated rings. The van der Waals surface area contributed by atoms with Gasteiger partial charge in [-0.2, -0.15) is 0 Å². The molecule has 5 heteroatoms. The standard InChI is InChI=1S/C13H16BrNO2S/c1-7-4-11(18-12(7)14)13(17)15-5-8-2-3-10(16)9(8)6-15/h4,8-10,16H,2-3,5-6H2,1H3. The van der Waals surface area contributed by atoms with Gasteiger partial charge in [0.05, 0.1) is 14.8 Å². The molecule has 1 aromatic rings. The molecule has 3 atom stereocenters. The van der Waals surface area contributed by atoms with Crippen molar-refractivity contribution in [2.75, 3.05) is 13.1 Å². The van der Waals surface area contributed by atoms with Crippen molar-refractivity contribution in [2.45, 2.75) is 25.9 Å². The summed E-state index contributed by atoms with van der Waals surface area (Å²) in [5.41, 5.74) is 1.11. The Kier molecular flexibility index (Phi) is 3.24. The van der Waals surface area contributed by atoms with Gasteiger partial charge in [0.15, 0.2) is 0 Å². The van der Waals surface area contributed by atoms with E-state index in [-0.39, 0.29) is 12.0 Å². The number of likely N-dealkylation sites (tertiary alicyclic amines) is 1. The van der Waals surface area contributed by atoms with Gasteiger partial charge < -0.3 is 10.0 Å². The summed E-state index contributed by atoms with van der Waals surface area (Å²) in [4.78, 5) is 15.1. The summed E-state index contributed by atoms with van der Waals surface area (Å²) in [7, 11) is 0. The van der Waals surface area contributed by atoms with Crippen molar-refractivity contribution in [1.82, 2.24) is 4.90 Å². The molecule has 1 aromatic heterocycles. The molecule has 1 saturated carbocycles. The van der Waals surface area contributed by atoms with Gasteiger partial charge in [-0.05, 0) is 53.2 Å². The monoisotopic (exact) mass is 329 g/mol. The molecule has 1 N–H and O–H groups in total. The van der Waals surface area contributed by atoms with Gasteiger partial charge in [0.25, 0.3) is 5.91 Å². The van der Waals surface area contributed by atoms with E-state index in [4.69, 9.17) is 0 Å². The van der Waals surface area contributed by atoms with Crippen molar-refractivity contribution in [1.29, 1.82) is 0 Å². The topological polar surface area (TPSA) is 40.5 Å². The number of thiophene rings is 1. The molecule has 98 valence electrons. The fourth-order valence-electron chi connectivity index (χ4n) is 3.12.